The van der Waals surface area contributed by atoms with Crippen molar-refractivity contribution in [3.63, 3.8) is 0 Å². The molecule has 0 aromatic heterocycles. The van der Waals surface area contributed by atoms with Crippen molar-refractivity contribution in [3.05, 3.63) is 11.6 Å². The normalized spacial score (nSPS) is 50.1. The third-order valence-corrected chi connectivity index (χ3v) is 12.0. The number of hydrogen-bond acceptors (Lipinski definition) is 4. The first-order valence-corrected chi connectivity index (χ1v) is 14.7. The summed E-state index contributed by atoms with van der Waals surface area (Å²) in [5.41, 5.74) is 7.97. The Kier molecular flexibility index (Phi) is 7.03. The van der Waals surface area contributed by atoms with E-state index in [2.05, 4.69) is 38.7 Å². The molecule has 0 bridgehead atoms. The quantitative estimate of drug-likeness (QED) is 0.494. The fraction of sp³-hybridized carbons (Fsp3) is 0.933. The van der Waals surface area contributed by atoms with Gasteiger partial charge in [-0.3, -0.25) is 4.90 Å². The summed E-state index contributed by atoms with van der Waals surface area (Å²) >= 11 is 0. The van der Waals surface area contributed by atoms with Crippen molar-refractivity contribution in [3.8, 4) is 0 Å². The first-order chi connectivity index (χ1) is 16.2. The molecule has 0 aromatic carbocycles. The topological polar surface area (TPSA) is 69.7 Å². The zero-order valence-corrected chi connectivity index (χ0v) is 22.4. The van der Waals surface area contributed by atoms with Gasteiger partial charge in [0.05, 0.1) is 12.2 Å². The first-order valence-electron chi connectivity index (χ1n) is 14.7. The van der Waals surface area contributed by atoms with Crippen molar-refractivity contribution < 1.29 is 10.2 Å². The van der Waals surface area contributed by atoms with Crippen LogP contribution in [0.4, 0.5) is 0 Å². The molecule has 11 unspecified atom stereocenters. The highest BCUT2D eigenvalue weighted by molar-refractivity contribution is 5.25. The smallest absolute Gasteiger partial charge is 0.0579 e. The van der Waals surface area contributed by atoms with Crippen LogP contribution in [0.15, 0.2) is 11.6 Å². The van der Waals surface area contributed by atoms with Gasteiger partial charge in [0, 0.05) is 12.6 Å². The molecule has 1 saturated heterocycles. The molecule has 4 heteroatoms. The predicted molar refractivity (Wildman–Crippen MR) is 139 cm³/mol. The van der Waals surface area contributed by atoms with Crippen LogP contribution >= 0.6 is 0 Å². The van der Waals surface area contributed by atoms with Crippen LogP contribution in [-0.2, 0) is 0 Å². The first kappa shape index (κ1) is 25.2. The van der Waals surface area contributed by atoms with Crippen LogP contribution in [0.3, 0.4) is 0 Å². The van der Waals surface area contributed by atoms with Crippen molar-refractivity contribution in [2.24, 2.45) is 52.1 Å². The van der Waals surface area contributed by atoms with Crippen LogP contribution < -0.4 is 5.73 Å². The standard InChI is InChI=1S/C30H52N2O2/c1-19-6-9-26(32(18-19)15-5-14-31)20(2)28-27(34)17-25-23-8-7-21-16-22(33)10-12-29(21,3)24(23)11-13-30(25,28)4/h7,19-20,22-28,33-34H,5-6,8-18,31H2,1-4H3. The lowest BCUT2D eigenvalue weighted by molar-refractivity contribution is -0.0745. The number of aliphatic hydroxyl groups is 2. The maximum atomic E-state index is 11.6. The van der Waals surface area contributed by atoms with Crippen LogP contribution in [0.25, 0.3) is 0 Å². The molecule has 0 radical (unpaired) electrons. The minimum atomic E-state index is -0.161. The van der Waals surface area contributed by atoms with Gasteiger partial charge in [-0.25, -0.2) is 0 Å². The summed E-state index contributed by atoms with van der Waals surface area (Å²) in [7, 11) is 0. The number of hydrogen-bond donors (Lipinski definition) is 3. The van der Waals surface area contributed by atoms with Gasteiger partial charge < -0.3 is 15.9 Å². The van der Waals surface area contributed by atoms with Gasteiger partial charge in [-0.1, -0.05) is 39.3 Å². The zero-order valence-electron chi connectivity index (χ0n) is 22.4. The molecule has 194 valence electrons. The lowest BCUT2D eigenvalue weighted by Gasteiger charge is -2.58. The summed E-state index contributed by atoms with van der Waals surface area (Å²) in [4.78, 5) is 2.74. The number of fused-ring (bicyclic) bond motifs is 5. The Labute approximate surface area is 208 Å². The fourth-order valence-electron chi connectivity index (χ4n) is 10.3. The molecule has 3 saturated carbocycles. The second-order valence-corrected chi connectivity index (χ2v) is 13.8. The number of nitrogens with two attached hydrogens (primary N) is 1. The maximum Gasteiger partial charge on any atom is 0.0579 e. The average Bonchev–Trinajstić information content (AvgIpc) is 3.07. The van der Waals surface area contributed by atoms with E-state index in [1.54, 1.807) is 5.57 Å². The third kappa shape index (κ3) is 4.03. The molecular formula is C30H52N2O2. The Hall–Kier alpha value is -0.420. The van der Waals surface area contributed by atoms with Gasteiger partial charge in [-0.05, 0) is 124 Å². The van der Waals surface area contributed by atoms with Gasteiger partial charge in [0.1, 0.15) is 0 Å². The molecule has 0 amide bonds. The summed E-state index contributed by atoms with van der Waals surface area (Å²) in [5, 5.41) is 21.9. The highest BCUT2D eigenvalue weighted by Crippen LogP contribution is 2.67. The zero-order chi connectivity index (χ0) is 24.3. The molecular weight excluding hydrogens is 420 g/mol. The van der Waals surface area contributed by atoms with Gasteiger partial charge in [0.25, 0.3) is 0 Å². The van der Waals surface area contributed by atoms with Gasteiger partial charge in [0.15, 0.2) is 0 Å². The van der Waals surface area contributed by atoms with E-state index >= 15 is 0 Å². The van der Waals surface area contributed by atoms with E-state index < -0.39 is 0 Å². The third-order valence-electron chi connectivity index (χ3n) is 12.0. The number of piperidine rings is 1. The van der Waals surface area contributed by atoms with Crippen molar-refractivity contribution in [2.75, 3.05) is 19.6 Å². The largest absolute Gasteiger partial charge is 0.393 e. The fourth-order valence-corrected chi connectivity index (χ4v) is 10.3. The van der Waals surface area contributed by atoms with E-state index in [0.717, 1.165) is 57.0 Å². The van der Waals surface area contributed by atoms with Gasteiger partial charge in [0.2, 0.25) is 0 Å². The Morgan fingerprint density at radius 3 is 2.68 bits per heavy atom. The Balaban J connectivity index is 1.38. The van der Waals surface area contributed by atoms with Gasteiger partial charge in [-0.15, -0.1) is 0 Å². The minimum Gasteiger partial charge on any atom is -0.393 e. The van der Waals surface area contributed by atoms with Crippen molar-refractivity contribution in [1.29, 1.82) is 0 Å². The van der Waals surface area contributed by atoms with Crippen LogP contribution in [0, 0.1) is 46.3 Å². The van der Waals surface area contributed by atoms with Crippen LogP contribution in [0.1, 0.15) is 91.9 Å². The lowest BCUT2D eigenvalue weighted by Crippen LogP contribution is -2.54. The monoisotopic (exact) mass is 472 g/mol. The SMILES string of the molecule is CC1CCC(C(C)C2C(O)CC3C4CC=C5CC(O)CCC5(C)C4CCC32C)N(CCCN)C1. The number of nitrogens with zero attached hydrogens (tertiary/aromatic N) is 1. The molecule has 4 aliphatic carbocycles. The summed E-state index contributed by atoms with van der Waals surface area (Å²) in [6.45, 7) is 13.0. The van der Waals surface area contributed by atoms with Crippen molar-refractivity contribution >= 4 is 0 Å². The van der Waals surface area contributed by atoms with E-state index in [0.29, 0.717) is 29.7 Å². The molecule has 5 rings (SSSR count). The van der Waals surface area contributed by atoms with E-state index in [1.165, 1.54) is 38.6 Å². The number of allylic oxidation sites excluding steroid dienone is 1. The van der Waals surface area contributed by atoms with Crippen molar-refractivity contribution in [2.45, 2.75) is 110 Å². The van der Waals surface area contributed by atoms with Gasteiger partial charge >= 0.3 is 0 Å². The summed E-state index contributed by atoms with van der Waals surface area (Å²) < 4.78 is 0. The van der Waals surface area contributed by atoms with E-state index in [4.69, 9.17) is 5.73 Å². The molecule has 0 spiro atoms. The van der Waals surface area contributed by atoms with Crippen molar-refractivity contribution in [1.82, 2.24) is 4.90 Å². The molecule has 0 aromatic rings. The van der Waals surface area contributed by atoms with Crippen LogP contribution in [0.2, 0.25) is 0 Å². The molecule has 4 N–H and O–H groups in total. The lowest BCUT2D eigenvalue weighted by atomic mass is 9.47. The van der Waals surface area contributed by atoms with Gasteiger partial charge in [-0.2, -0.15) is 0 Å². The maximum absolute atomic E-state index is 11.6. The van der Waals surface area contributed by atoms with E-state index in [1.807, 2.05) is 0 Å². The molecule has 5 aliphatic rings. The molecule has 4 fully saturated rings. The van der Waals surface area contributed by atoms with E-state index in [9.17, 15) is 10.2 Å². The minimum absolute atomic E-state index is 0.135. The number of likely N-dealkylation sites (tertiary alicyclic amines) is 1. The Bertz CT molecular complexity index is 769. The van der Waals surface area contributed by atoms with Crippen LogP contribution in [-0.4, -0.2) is 53.0 Å². The highest BCUT2D eigenvalue weighted by Gasteiger charge is 2.62. The summed E-state index contributed by atoms with van der Waals surface area (Å²) in [6, 6.07) is 0.589. The second-order valence-electron chi connectivity index (χ2n) is 13.8. The Morgan fingerprint density at radius 2 is 1.91 bits per heavy atom. The predicted octanol–water partition coefficient (Wildman–Crippen LogP) is 4.98. The molecule has 1 heterocycles. The molecule has 4 nitrogen and oxygen atoms in total. The molecule has 11 atom stereocenters. The Morgan fingerprint density at radius 1 is 1.12 bits per heavy atom. The number of rotatable bonds is 5. The second kappa shape index (κ2) is 9.47. The molecule has 34 heavy (non-hydrogen) atoms. The summed E-state index contributed by atoms with van der Waals surface area (Å²) in [5.74, 6) is 3.78. The highest BCUT2D eigenvalue weighted by atomic mass is 16.3. The molecule has 1 aliphatic heterocycles. The van der Waals surface area contributed by atoms with Crippen LogP contribution in [0.5, 0.6) is 0 Å². The summed E-state index contributed by atoms with van der Waals surface area (Å²) in [6.07, 6.45) is 13.6. The average molecular weight is 473 g/mol. The van der Waals surface area contributed by atoms with E-state index in [-0.39, 0.29) is 23.0 Å². The number of aliphatic hydroxyl groups excluding tert-OH is 2.